The summed E-state index contributed by atoms with van der Waals surface area (Å²) in [5, 5.41) is 2.79. The molecule has 180 valence electrons. The highest BCUT2D eigenvalue weighted by molar-refractivity contribution is 6.00. The molecule has 0 radical (unpaired) electrons. The Labute approximate surface area is 199 Å². The quantitative estimate of drug-likeness (QED) is 0.692. The number of ether oxygens (including phenoxy) is 2. The van der Waals surface area contributed by atoms with Crippen LogP contribution in [0.3, 0.4) is 0 Å². The summed E-state index contributed by atoms with van der Waals surface area (Å²) >= 11 is 0. The van der Waals surface area contributed by atoms with Crippen LogP contribution in [0.15, 0.2) is 48.5 Å². The molecule has 3 amide bonds. The van der Waals surface area contributed by atoms with Gasteiger partial charge in [0.2, 0.25) is 11.8 Å². The van der Waals surface area contributed by atoms with Gasteiger partial charge in [0, 0.05) is 50.5 Å². The minimum Gasteiger partial charge on any atom is -0.493 e. The molecule has 0 bridgehead atoms. The van der Waals surface area contributed by atoms with Crippen LogP contribution < -0.4 is 19.7 Å². The second-order valence-electron chi connectivity index (χ2n) is 8.28. The normalized spacial score (nSPS) is 18.4. The smallest absolute Gasteiger partial charge is 0.254 e. The Morgan fingerprint density at radius 2 is 1.65 bits per heavy atom. The number of methoxy groups -OCH3 is 2. The zero-order valence-corrected chi connectivity index (χ0v) is 19.5. The van der Waals surface area contributed by atoms with Gasteiger partial charge < -0.3 is 29.5 Å². The van der Waals surface area contributed by atoms with Crippen LogP contribution in [-0.4, -0.2) is 87.1 Å². The number of amides is 3. The van der Waals surface area contributed by atoms with E-state index in [0.717, 1.165) is 18.8 Å². The molecule has 1 atom stereocenters. The van der Waals surface area contributed by atoms with Gasteiger partial charge >= 0.3 is 0 Å². The molecule has 34 heavy (non-hydrogen) atoms. The summed E-state index contributed by atoms with van der Waals surface area (Å²) in [4.78, 5) is 44.6. The van der Waals surface area contributed by atoms with Crippen LogP contribution in [0.2, 0.25) is 0 Å². The highest BCUT2D eigenvalue weighted by Gasteiger charge is 2.36. The SMILES string of the molecule is COc1ccc(C(=O)N2CCNC(=O)[C@H]2CC(=O)N2CCN(c3ccccc3)CC2)cc1OC. The lowest BCUT2D eigenvalue weighted by Gasteiger charge is -2.39. The molecule has 4 rings (SSSR count). The fourth-order valence-electron chi connectivity index (χ4n) is 4.44. The lowest BCUT2D eigenvalue weighted by atomic mass is 10.0. The van der Waals surface area contributed by atoms with E-state index in [-0.39, 0.29) is 24.1 Å². The molecule has 2 aliphatic rings. The summed E-state index contributed by atoms with van der Waals surface area (Å²) < 4.78 is 10.5. The van der Waals surface area contributed by atoms with Crippen LogP contribution >= 0.6 is 0 Å². The van der Waals surface area contributed by atoms with Crippen molar-refractivity contribution in [3.8, 4) is 11.5 Å². The third kappa shape index (κ3) is 4.93. The molecule has 9 nitrogen and oxygen atoms in total. The Morgan fingerprint density at radius 1 is 0.941 bits per heavy atom. The van der Waals surface area contributed by atoms with Crippen molar-refractivity contribution >= 4 is 23.4 Å². The van der Waals surface area contributed by atoms with Crippen LogP contribution in [-0.2, 0) is 9.59 Å². The zero-order valence-electron chi connectivity index (χ0n) is 19.5. The second kappa shape index (κ2) is 10.5. The van der Waals surface area contributed by atoms with E-state index < -0.39 is 6.04 Å². The molecule has 0 aliphatic carbocycles. The lowest BCUT2D eigenvalue weighted by molar-refractivity contribution is -0.138. The number of nitrogens with zero attached hydrogens (tertiary/aromatic N) is 3. The Morgan fingerprint density at radius 3 is 2.32 bits per heavy atom. The van der Waals surface area contributed by atoms with E-state index >= 15 is 0 Å². The molecule has 1 N–H and O–H groups in total. The predicted molar refractivity (Wildman–Crippen MR) is 127 cm³/mol. The first-order chi connectivity index (χ1) is 16.5. The molecule has 2 saturated heterocycles. The zero-order chi connectivity index (χ0) is 24.1. The van der Waals surface area contributed by atoms with Crippen LogP contribution in [0.1, 0.15) is 16.8 Å². The minimum absolute atomic E-state index is 0.0454. The number of rotatable bonds is 6. The molecule has 0 spiro atoms. The maximum atomic E-state index is 13.3. The number of para-hydroxylation sites is 1. The first-order valence-corrected chi connectivity index (χ1v) is 11.4. The molecular formula is C25H30N4O5. The van der Waals surface area contributed by atoms with E-state index in [1.54, 1.807) is 23.1 Å². The molecule has 2 heterocycles. The van der Waals surface area contributed by atoms with E-state index in [1.165, 1.54) is 19.1 Å². The summed E-state index contributed by atoms with van der Waals surface area (Å²) in [7, 11) is 3.02. The van der Waals surface area contributed by atoms with Crippen molar-refractivity contribution in [3.63, 3.8) is 0 Å². The van der Waals surface area contributed by atoms with E-state index in [0.29, 0.717) is 43.2 Å². The number of carbonyl (C=O) groups is 3. The van der Waals surface area contributed by atoms with Crippen molar-refractivity contribution in [2.45, 2.75) is 12.5 Å². The summed E-state index contributed by atoms with van der Waals surface area (Å²) in [5.74, 6) is 0.189. The van der Waals surface area contributed by atoms with Crippen LogP contribution in [0.5, 0.6) is 11.5 Å². The molecule has 0 aromatic heterocycles. The van der Waals surface area contributed by atoms with Gasteiger partial charge in [0.05, 0.1) is 20.6 Å². The van der Waals surface area contributed by atoms with Crippen molar-refractivity contribution in [3.05, 3.63) is 54.1 Å². The first kappa shape index (κ1) is 23.4. The standard InChI is InChI=1S/C25H30N4O5/c1-33-21-9-8-18(16-22(21)34-2)25(32)29-11-10-26-24(31)20(29)17-23(30)28-14-12-27(13-15-28)19-6-4-3-5-7-19/h3-9,16,20H,10-15,17H2,1-2H3,(H,26,31)/t20-/m1/s1. The van der Waals surface area contributed by atoms with Crippen LogP contribution in [0.4, 0.5) is 5.69 Å². The van der Waals surface area contributed by atoms with E-state index in [2.05, 4.69) is 22.3 Å². The first-order valence-electron chi connectivity index (χ1n) is 11.4. The molecule has 0 unspecified atom stereocenters. The molecule has 2 aliphatic heterocycles. The van der Waals surface area contributed by atoms with Crippen molar-refractivity contribution in [2.24, 2.45) is 0 Å². The highest BCUT2D eigenvalue weighted by atomic mass is 16.5. The van der Waals surface area contributed by atoms with Crippen molar-refractivity contribution in [1.82, 2.24) is 15.1 Å². The maximum Gasteiger partial charge on any atom is 0.254 e. The number of carbonyl (C=O) groups excluding carboxylic acids is 3. The van der Waals surface area contributed by atoms with Gasteiger partial charge in [0.1, 0.15) is 6.04 Å². The van der Waals surface area contributed by atoms with Gasteiger partial charge in [-0.15, -0.1) is 0 Å². The number of hydrogen-bond donors (Lipinski definition) is 1. The maximum absolute atomic E-state index is 13.3. The van der Waals surface area contributed by atoms with Crippen LogP contribution in [0, 0.1) is 0 Å². The molecular weight excluding hydrogens is 436 g/mol. The molecule has 9 heteroatoms. The van der Waals surface area contributed by atoms with Gasteiger partial charge in [-0.3, -0.25) is 14.4 Å². The average molecular weight is 467 g/mol. The largest absolute Gasteiger partial charge is 0.493 e. The number of benzene rings is 2. The van der Waals surface area contributed by atoms with E-state index in [4.69, 9.17) is 9.47 Å². The van der Waals surface area contributed by atoms with Gasteiger partial charge in [-0.1, -0.05) is 18.2 Å². The van der Waals surface area contributed by atoms with Crippen molar-refractivity contribution < 1.29 is 23.9 Å². The van der Waals surface area contributed by atoms with Crippen molar-refractivity contribution in [2.75, 3.05) is 58.4 Å². The van der Waals surface area contributed by atoms with Gasteiger partial charge in [0.25, 0.3) is 5.91 Å². The lowest BCUT2D eigenvalue weighted by Crippen LogP contribution is -2.59. The predicted octanol–water partition coefficient (Wildman–Crippen LogP) is 1.38. The fraction of sp³-hybridized carbons (Fsp3) is 0.400. The number of piperazine rings is 2. The monoisotopic (exact) mass is 466 g/mol. The van der Waals surface area contributed by atoms with Crippen molar-refractivity contribution in [1.29, 1.82) is 0 Å². The molecule has 2 aromatic rings. The van der Waals surface area contributed by atoms with Gasteiger partial charge in [-0.25, -0.2) is 0 Å². The summed E-state index contributed by atoms with van der Waals surface area (Å²) in [5.41, 5.74) is 1.51. The summed E-state index contributed by atoms with van der Waals surface area (Å²) in [6, 6.07) is 14.1. The fourth-order valence-corrected chi connectivity index (χ4v) is 4.44. The molecule has 2 fully saturated rings. The third-order valence-electron chi connectivity index (χ3n) is 6.34. The Bertz CT molecular complexity index is 1040. The summed E-state index contributed by atoms with van der Waals surface area (Å²) in [6.45, 7) is 3.27. The topological polar surface area (TPSA) is 91.4 Å². The molecule has 0 saturated carbocycles. The summed E-state index contributed by atoms with van der Waals surface area (Å²) in [6.07, 6.45) is -0.0454. The van der Waals surface area contributed by atoms with E-state index in [1.807, 2.05) is 18.2 Å². The number of anilines is 1. The van der Waals surface area contributed by atoms with Crippen LogP contribution in [0.25, 0.3) is 0 Å². The van der Waals surface area contributed by atoms with Gasteiger partial charge in [-0.2, -0.15) is 0 Å². The molecule has 2 aromatic carbocycles. The van der Waals surface area contributed by atoms with Gasteiger partial charge in [-0.05, 0) is 30.3 Å². The third-order valence-corrected chi connectivity index (χ3v) is 6.34. The number of hydrogen-bond acceptors (Lipinski definition) is 6. The van der Waals surface area contributed by atoms with E-state index in [9.17, 15) is 14.4 Å². The highest BCUT2D eigenvalue weighted by Crippen LogP contribution is 2.28. The Hall–Kier alpha value is -3.75. The second-order valence-corrected chi connectivity index (χ2v) is 8.28. The number of nitrogens with one attached hydrogen (secondary N) is 1. The minimum atomic E-state index is -0.853. The van der Waals surface area contributed by atoms with Gasteiger partial charge in [0.15, 0.2) is 11.5 Å². The average Bonchev–Trinajstić information content (AvgIpc) is 2.89. The Kier molecular flexibility index (Phi) is 7.20. The Balaban J connectivity index is 1.43.